The van der Waals surface area contributed by atoms with Gasteiger partial charge >= 0.3 is 6.09 Å². The number of carbonyl (C=O) groups excluding carboxylic acids is 5. The molecule has 0 unspecified atom stereocenters. The Morgan fingerprint density at radius 1 is 1.09 bits per heavy atom. The lowest BCUT2D eigenvalue weighted by molar-refractivity contribution is -0.141. The third-order valence-corrected chi connectivity index (χ3v) is 8.32. The number of hydrogen-bond acceptors (Lipinski definition) is 7. The molecule has 0 bridgehead atoms. The molecular formula is C33H47N5O7. The molecule has 3 aliphatic rings. The second-order valence-electron chi connectivity index (χ2n) is 13.2. The Morgan fingerprint density at radius 2 is 1.84 bits per heavy atom. The lowest BCUT2D eigenvalue weighted by atomic mass is 10.0. The van der Waals surface area contributed by atoms with Crippen LogP contribution in [0.5, 0.6) is 0 Å². The highest BCUT2D eigenvalue weighted by Gasteiger charge is 2.60. The Bertz CT molecular complexity index is 1260. The van der Waals surface area contributed by atoms with Crippen molar-refractivity contribution in [1.82, 2.24) is 26.2 Å². The van der Waals surface area contributed by atoms with Gasteiger partial charge in [0.05, 0.1) is 6.10 Å². The summed E-state index contributed by atoms with van der Waals surface area (Å²) in [5.74, 6) is -1.86. The van der Waals surface area contributed by atoms with Crippen molar-refractivity contribution in [2.24, 2.45) is 5.92 Å². The van der Waals surface area contributed by atoms with Crippen molar-refractivity contribution in [2.75, 3.05) is 13.1 Å². The van der Waals surface area contributed by atoms with Crippen molar-refractivity contribution >= 4 is 29.7 Å². The zero-order valence-electron chi connectivity index (χ0n) is 26.5. The van der Waals surface area contributed by atoms with Crippen LogP contribution in [0, 0.1) is 5.92 Å². The first kappa shape index (κ1) is 34.0. The summed E-state index contributed by atoms with van der Waals surface area (Å²) >= 11 is 0. The molecule has 0 spiro atoms. The van der Waals surface area contributed by atoms with E-state index in [2.05, 4.69) is 21.3 Å². The highest BCUT2D eigenvalue weighted by Crippen LogP contribution is 2.45. The Kier molecular flexibility index (Phi) is 11.2. The fourth-order valence-electron chi connectivity index (χ4n) is 5.88. The van der Waals surface area contributed by atoms with Gasteiger partial charge in [-0.3, -0.25) is 19.2 Å². The Balaban J connectivity index is 1.43. The Hall–Kier alpha value is -3.93. The number of amides is 5. The van der Waals surface area contributed by atoms with Crippen molar-refractivity contribution in [2.45, 2.75) is 108 Å². The summed E-state index contributed by atoms with van der Waals surface area (Å²) in [4.78, 5) is 67.2. The summed E-state index contributed by atoms with van der Waals surface area (Å²) in [5.41, 5.74) is -1.01. The van der Waals surface area contributed by atoms with Crippen molar-refractivity contribution in [3.63, 3.8) is 0 Å². The SMILES string of the molecule is CC(C)(C)OC(=O)N[C@H]1CCCCC/C=C\[C@@H]2C[C@@]2(C(=O)NCCC(=O)NCc2ccccc2)NC(=O)[C@@H]2C[C@@H](O)CN2C1=O. The van der Waals surface area contributed by atoms with E-state index in [1.807, 2.05) is 42.5 Å². The van der Waals surface area contributed by atoms with E-state index in [0.717, 1.165) is 24.8 Å². The summed E-state index contributed by atoms with van der Waals surface area (Å²) in [5, 5.41) is 21.7. The predicted molar refractivity (Wildman–Crippen MR) is 166 cm³/mol. The number of ether oxygens (including phenoxy) is 1. The van der Waals surface area contributed by atoms with Crippen molar-refractivity contribution < 1.29 is 33.8 Å². The van der Waals surface area contributed by atoms with Crippen LogP contribution in [0.1, 0.15) is 77.7 Å². The molecule has 12 heteroatoms. The van der Waals surface area contributed by atoms with Gasteiger partial charge in [0, 0.05) is 38.4 Å². The van der Waals surface area contributed by atoms with Crippen LogP contribution < -0.4 is 21.3 Å². The minimum Gasteiger partial charge on any atom is -0.444 e. The molecule has 246 valence electrons. The molecule has 0 radical (unpaired) electrons. The minimum absolute atomic E-state index is 0.0104. The molecule has 12 nitrogen and oxygen atoms in total. The topological polar surface area (TPSA) is 166 Å². The minimum atomic E-state index is -1.22. The zero-order chi connectivity index (χ0) is 32.6. The van der Waals surface area contributed by atoms with E-state index in [4.69, 9.17) is 4.74 Å². The lowest BCUT2D eigenvalue weighted by Gasteiger charge is -2.30. The first-order chi connectivity index (χ1) is 21.4. The third-order valence-electron chi connectivity index (χ3n) is 8.32. The number of rotatable bonds is 7. The van der Waals surface area contributed by atoms with Gasteiger partial charge in [0.15, 0.2) is 0 Å². The maximum absolute atomic E-state index is 13.7. The van der Waals surface area contributed by atoms with Crippen LogP contribution in [-0.4, -0.2) is 82.1 Å². The second kappa shape index (κ2) is 14.9. The molecule has 1 aliphatic carbocycles. The molecule has 0 aromatic heterocycles. The smallest absolute Gasteiger partial charge is 0.408 e. The summed E-state index contributed by atoms with van der Waals surface area (Å²) in [6.07, 6.45) is 6.23. The number of alkyl carbamates (subject to hydrolysis) is 1. The highest BCUT2D eigenvalue weighted by molar-refractivity contribution is 5.98. The maximum Gasteiger partial charge on any atom is 0.408 e. The average Bonchev–Trinajstić information content (AvgIpc) is 3.53. The van der Waals surface area contributed by atoms with Crippen LogP contribution in [0.3, 0.4) is 0 Å². The first-order valence-corrected chi connectivity index (χ1v) is 15.9. The van der Waals surface area contributed by atoms with E-state index in [9.17, 15) is 29.1 Å². The fraction of sp³-hybridized carbons (Fsp3) is 0.606. The molecule has 5 atom stereocenters. The molecule has 2 fully saturated rings. The number of nitrogens with zero attached hydrogens (tertiary/aromatic N) is 1. The molecule has 1 saturated heterocycles. The van der Waals surface area contributed by atoms with Gasteiger partial charge in [-0.05, 0) is 52.0 Å². The quantitative estimate of drug-likeness (QED) is 0.289. The second-order valence-corrected chi connectivity index (χ2v) is 13.2. The summed E-state index contributed by atoms with van der Waals surface area (Å²) in [6.45, 7) is 5.61. The summed E-state index contributed by atoms with van der Waals surface area (Å²) < 4.78 is 5.38. The normalized spacial score (nSPS) is 27.9. The average molecular weight is 626 g/mol. The van der Waals surface area contributed by atoms with E-state index >= 15 is 0 Å². The van der Waals surface area contributed by atoms with Crippen LogP contribution in [0.4, 0.5) is 4.79 Å². The van der Waals surface area contributed by atoms with E-state index < -0.39 is 53.1 Å². The Morgan fingerprint density at radius 3 is 2.58 bits per heavy atom. The van der Waals surface area contributed by atoms with Crippen molar-refractivity contribution in [3.05, 3.63) is 48.0 Å². The Labute approximate surface area is 264 Å². The number of aliphatic hydroxyl groups is 1. The van der Waals surface area contributed by atoms with E-state index in [0.29, 0.717) is 25.8 Å². The number of allylic oxidation sites excluding steroid dienone is 1. The van der Waals surface area contributed by atoms with Crippen LogP contribution in [0.25, 0.3) is 0 Å². The largest absolute Gasteiger partial charge is 0.444 e. The van der Waals surface area contributed by atoms with Gasteiger partial charge in [-0.2, -0.15) is 0 Å². The molecule has 1 aromatic rings. The van der Waals surface area contributed by atoms with E-state index in [-0.39, 0.29) is 37.8 Å². The summed E-state index contributed by atoms with van der Waals surface area (Å²) in [7, 11) is 0. The first-order valence-electron chi connectivity index (χ1n) is 15.9. The van der Waals surface area contributed by atoms with Crippen LogP contribution in [-0.2, 0) is 30.5 Å². The predicted octanol–water partition coefficient (Wildman–Crippen LogP) is 2.06. The van der Waals surface area contributed by atoms with Gasteiger partial charge in [0.25, 0.3) is 0 Å². The molecule has 2 heterocycles. The number of benzene rings is 1. The summed E-state index contributed by atoms with van der Waals surface area (Å²) in [6, 6.07) is 7.57. The van der Waals surface area contributed by atoms with Crippen LogP contribution in [0.15, 0.2) is 42.5 Å². The number of hydrogen-bond donors (Lipinski definition) is 5. The van der Waals surface area contributed by atoms with E-state index in [1.54, 1.807) is 20.8 Å². The van der Waals surface area contributed by atoms with Gasteiger partial charge in [-0.15, -0.1) is 0 Å². The fourth-order valence-corrected chi connectivity index (χ4v) is 5.88. The molecule has 45 heavy (non-hydrogen) atoms. The molecule has 5 amide bonds. The lowest BCUT2D eigenvalue weighted by Crippen LogP contribution is -2.58. The number of nitrogens with one attached hydrogen (secondary N) is 4. The van der Waals surface area contributed by atoms with Gasteiger partial charge in [-0.25, -0.2) is 4.79 Å². The molecule has 4 rings (SSSR count). The van der Waals surface area contributed by atoms with E-state index in [1.165, 1.54) is 4.90 Å². The van der Waals surface area contributed by atoms with Crippen LogP contribution >= 0.6 is 0 Å². The molecule has 1 saturated carbocycles. The van der Waals surface area contributed by atoms with Crippen molar-refractivity contribution in [1.29, 1.82) is 0 Å². The van der Waals surface area contributed by atoms with Gasteiger partial charge in [0.2, 0.25) is 23.6 Å². The van der Waals surface area contributed by atoms with Gasteiger partial charge in [-0.1, -0.05) is 55.3 Å². The number of fused-ring (bicyclic) bond motifs is 2. The number of carbonyl (C=O) groups is 5. The maximum atomic E-state index is 13.7. The number of aliphatic hydroxyl groups excluding tert-OH is 1. The van der Waals surface area contributed by atoms with Gasteiger partial charge in [0.1, 0.15) is 23.2 Å². The third kappa shape index (κ3) is 9.53. The standard InChI is InChI=1S/C33H47N5O7/c1-32(2,3)45-31(44)36-25-15-11-6-4-5-10-14-23-19-33(23,37-28(41)26-18-24(39)21-38(26)29(25)42)30(43)34-17-16-27(40)35-20-22-12-8-7-9-13-22/h7-10,12-14,23-26,39H,4-6,11,15-21H2,1-3H3,(H,34,43)(H,35,40)(H,36,44)(H,37,41)/b14-10-/t23-,24-,25+,26+,33-/m1/s1. The molecule has 5 N–H and O–H groups in total. The zero-order valence-corrected chi connectivity index (χ0v) is 26.5. The monoisotopic (exact) mass is 625 g/mol. The molecular weight excluding hydrogens is 578 g/mol. The molecule has 1 aromatic carbocycles. The van der Waals surface area contributed by atoms with Gasteiger partial charge < -0.3 is 36.0 Å². The highest BCUT2D eigenvalue weighted by atomic mass is 16.6. The van der Waals surface area contributed by atoms with Crippen LogP contribution in [0.2, 0.25) is 0 Å². The molecule has 2 aliphatic heterocycles. The van der Waals surface area contributed by atoms with Crippen molar-refractivity contribution in [3.8, 4) is 0 Å².